The Hall–Kier alpha value is -2.74. The molecule has 1 fully saturated rings. The number of aromatic nitrogens is 2. The van der Waals surface area contributed by atoms with Gasteiger partial charge in [-0.1, -0.05) is 0 Å². The summed E-state index contributed by atoms with van der Waals surface area (Å²) < 4.78 is 18.4. The summed E-state index contributed by atoms with van der Waals surface area (Å²) in [6.45, 7) is 4.66. The molecule has 1 aliphatic rings. The summed E-state index contributed by atoms with van der Waals surface area (Å²) in [7, 11) is 0. The van der Waals surface area contributed by atoms with Crippen molar-refractivity contribution in [2.75, 3.05) is 37.7 Å². The molecule has 0 radical (unpaired) electrons. The highest BCUT2D eigenvalue weighted by Crippen LogP contribution is 2.30. The topological polar surface area (TPSA) is 58.6 Å². The Morgan fingerprint density at radius 1 is 1.19 bits per heavy atom. The number of benzene rings is 1. The second-order valence-corrected chi connectivity index (χ2v) is 7.62. The lowest BCUT2D eigenvalue weighted by molar-refractivity contribution is -0.133. The zero-order chi connectivity index (χ0) is 18.8. The highest BCUT2D eigenvalue weighted by Gasteiger charge is 2.23. The maximum atomic E-state index is 12.9. The van der Waals surface area contributed by atoms with Crippen molar-refractivity contribution in [3.8, 4) is 5.75 Å². The molecule has 0 spiro atoms. The molecular weight excluding hydrogens is 367 g/mol. The summed E-state index contributed by atoms with van der Waals surface area (Å²) in [6, 6.07) is 7.78. The van der Waals surface area contributed by atoms with Crippen LogP contribution in [0.5, 0.6) is 5.75 Å². The van der Waals surface area contributed by atoms with Gasteiger partial charge in [0, 0.05) is 31.1 Å². The number of hydrogen-bond donors (Lipinski definition) is 0. The molecule has 6 nitrogen and oxygen atoms in total. The van der Waals surface area contributed by atoms with E-state index < -0.39 is 0 Å². The summed E-state index contributed by atoms with van der Waals surface area (Å²) in [6.07, 6.45) is 1.60. The van der Waals surface area contributed by atoms with Crippen molar-refractivity contribution in [3.63, 3.8) is 0 Å². The first-order chi connectivity index (χ1) is 13.1. The van der Waals surface area contributed by atoms with E-state index in [0.29, 0.717) is 31.9 Å². The Balaban J connectivity index is 1.35. The largest absolute Gasteiger partial charge is 0.484 e. The Morgan fingerprint density at radius 3 is 2.67 bits per heavy atom. The molecule has 0 atom stereocenters. The Morgan fingerprint density at radius 2 is 1.93 bits per heavy atom. The van der Waals surface area contributed by atoms with Gasteiger partial charge in [-0.15, -0.1) is 11.3 Å². The average molecular weight is 386 g/mol. The van der Waals surface area contributed by atoms with Crippen LogP contribution in [0.25, 0.3) is 10.2 Å². The van der Waals surface area contributed by atoms with Crippen molar-refractivity contribution in [1.29, 1.82) is 0 Å². The smallest absolute Gasteiger partial charge is 0.260 e. The minimum Gasteiger partial charge on any atom is -0.484 e. The van der Waals surface area contributed by atoms with Gasteiger partial charge in [0.15, 0.2) is 6.61 Å². The first-order valence-corrected chi connectivity index (χ1v) is 9.54. The van der Waals surface area contributed by atoms with Crippen molar-refractivity contribution in [1.82, 2.24) is 14.9 Å². The number of rotatable bonds is 4. The minimum absolute atomic E-state index is 0.0485. The van der Waals surface area contributed by atoms with Crippen LogP contribution in [-0.2, 0) is 4.79 Å². The molecule has 2 aromatic heterocycles. The molecule has 0 N–H and O–H groups in total. The molecule has 3 heterocycles. The predicted octanol–water partition coefficient (Wildman–Crippen LogP) is 2.87. The number of amides is 1. The first kappa shape index (κ1) is 17.7. The number of piperazine rings is 1. The Bertz CT molecular complexity index is 952. The van der Waals surface area contributed by atoms with E-state index in [1.807, 2.05) is 0 Å². The summed E-state index contributed by atoms with van der Waals surface area (Å²) in [5.41, 5.74) is 0. The normalized spacial score (nSPS) is 14.6. The van der Waals surface area contributed by atoms with E-state index in [9.17, 15) is 9.18 Å². The fourth-order valence-electron chi connectivity index (χ4n) is 3.15. The number of halogens is 1. The molecule has 4 rings (SSSR count). The van der Waals surface area contributed by atoms with Gasteiger partial charge in [-0.25, -0.2) is 14.4 Å². The standard InChI is InChI=1S/C19H19FN4O2S/c1-13-10-16-18(21-12-22-19(16)27-13)24-8-6-23(7-9-24)17(25)11-26-15-4-2-14(20)3-5-15/h2-5,10,12H,6-9,11H2,1H3. The van der Waals surface area contributed by atoms with Crippen molar-refractivity contribution < 1.29 is 13.9 Å². The SMILES string of the molecule is Cc1cc2c(N3CCN(C(=O)COc4ccc(F)cc4)CC3)ncnc2s1. The fraction of sp³-hybridized carbons (Fsp3) is 0.316. The Labute approximate surface area is 160 Å². The van der Waals surface area contributed by atoms with Crippen molar-refractivity contribution in [2.24, 2.45) is 0 Å². The second-order valence-electron chi connectivity index (χ2n) is 6.38. The number of fused-ring (bicyclic) bond motifs is 1. The molecule has 3 aromatic rings. The van der Waals surface area contributed by atoms with Gasteiger partial charge >= 0.3 is 0 Å². The van der Waals surface area contributed by atoms with Crippen molar-refractivity contribution in [3.05, 3.63) is 47.4 Å². The van der Waals surface area contributed by atoms with E-state index in [1.54, 1.807) is 22.6 Å². The Kier molecular flexibility index (Phi) is 4.89. The lowest BCUT2D eigenvalue weighted by Crippen LogP contribution is -2.50. The van der Waals surface area contributed by atoms with Crippen LogP contribution in [0.4, 0.5) is 10.2 Å². The van der Waals surface area contributed by atoms with Crippen LogP contribution in [-0.4, -0.2) is 53.6 Å². The molecule has 0 bridgehead atoms. The highest BCUT2D eigenvalue weighted by atomic mass is 32.1. The predicted molar refractivity (Wildman–Crippen MR) is 103 cm³/mol. The number of nitrogens with zero attached hydrogens (tertiary/aromatic N) is 4. The summed E-state index contributed by atoms with van der Waals surface area (Å²) in [5.74, 6) is 1.02. The number of aryl methyl sites for hydroxylation is 1. The van der Waals surface area contributed by atoms with Crippen molar-refractivity contribution in [2.45, 2.75) is 6.92 Å². The molecule has 27 heavy (non-hydrogen) atoms. The molecular formula is C19H19FN4O2S. The molecule has 1 aliphatic heterocycles. The maximum Gasteiger partial charge on any atom is 0.260 e. The first-order valence-electron chi connectivity index (χ1n) is 8.72. The molecule has 0 saturated carbocycles. The summed E-state index contributed by atoms with van der Waals surface area (Å²) in [4.78, 5) is 27.4. The lowest BCUT2D eigenvalue weighted by atomic mass is 10.2. The number of carbonyl (C=O) groups is 1. The fourth-order valence-corrected chi connectivity index (χ4v) is 3.99. The van der Waals surface area contributed by atoms with Gasteiger partial charge in [0.1, 0.15) is 28.5 Å². The number of anilines is 1. The van der Waals surface area contributed by atoms with Gasteiger partial charge in [0.2, 0.25) is 0 Å². The highest BCUT2D eigenvalue weighted by molar-refractivity contribution is 7.18. The van der Waals surface area contributed by atoms with Gasteiger partial charge in [0.25, 0.3) is 5.91 Å². The van der Waals surface area contributed by atoms with E-state index in [4.69, 9.17) is 4.74 Å². The van der Waals surface area contributed by atoms with E-state index in [0.717, 1.165) is 16.0 Å². The van der Waals surface area contributed by atoms with Crippen LogP contribution in [0, 0.1) is 12.7 Å². The molecule has 1 saturated heterocycles. The van der Waals surface area contributed by atoms with Crippen LogP contribution < -0.4 is 9.64 Å². The number of hydrogen-bond acceptors (Lipinski definition) is 6. The zero-order valence-corrected chi connectivity index (χ0v) is 15.7. The van der Waals surface area contributed by atoms with Crippen LogP contribution in [0.1, 0.15) is 4.88 Å². The molecule has 0 aliphatic carbocycles. The summed E-state index contributed by atoms with van der Waals surface area (Å²) in [5, 5.41) is 1.07. The van der Waals surface area contributed by atoms with Crippen molar-refractivity contribution >= 4 is 33.3 Å². The molecule has 0 unspecified atom stereocenters. The lowest BCUT2D eigenvalue weighted by Gasteiger charge is -2.35. The van der Waals surface area contributed by atoms with Gasteiger partial charge in [-0.3, -0.25) is 4.79 Å². The van der Waals surface area contributed by atoms with Gasteiger partial charge < -0.3 is 14.5 Å². The van der Waals surface area contributed by atoms with Crippen LogP contribution in [0.2, 0.25) is 0 Å². The zero-order valence-electron chi connectivity index (χ0n) is 14.9. The summed E-state index contributed by atoms with van der Waals surface area (Å²) >= 11 is 1.66. The quantitative estimate of drug-likeness (QED) is 0.690. The number of thiophene rings is 1. The molecule has 140 valence electrons. The monoisotopic (exact) mass is 386 g/mol. The van der Waals surface area contributed by atoms with Crippen LogP contribution in [0.3, 0.4) is 0 Å². The average Bonchev–Trinajstić information content (AvgIpc) is 3.07. The molecule has 1 amide bonds. The third kappa shape index (κ3) is 3.85. The third-order valence-corrected chi connectivity index (χ3v) is 5.50. The van der Waals surface area contributed by atoms with Crippen LogP contribution >= 0.6 is 11.3 Å². The second kappa shape index (κ2) is 7.48. The van der Waals surface area contributed by atoms with E-state index in [2.05, 4.69) is 27.9 Å². The molecule has 1 aromatic carbocycles. The third-order valence-electron chi connectivity index (χ3n) is 4.54. The number of carbonyl (C=O) groups excluding carboxylic acids is 1. The minimum atomic E-state index is -0.329. The van der Waals surface area contributed by atoms with Crippen LogP contribution in [0.15, 0.2) is 36.7 Å². The number of ether oxygens (including phenoxy) is 1. The van der Waals surface area contributed by atoms with E-state index in [-0.39, 0.29) is 18.3 Å². The molecule has 8 heteroatoms. The maximum absolute atomic E-state index is 12.9. The van der Waals surface area contributed by atoms with Gasteiger partial charge in [0.05, 0.1) is 5.39 Å². The van der Waals surface area contributed by atoms with Gasteiger partial charge in [-0.2, -0.15) is 0 Å². The van der Waals surface area contributed by atoms with Gasteiger partial charge in [-0.05, 0) is 37.3 Å². The van der Waals surface area contributed by atoms with E-state index in [1.165, 1.54) is 29.1 Å². The van der Waals surface area contributed by atoms with E-state index >= 15 is 0 Å².